The van der Waals surface area contributed by atoms with Gasteiger partial charge < -0.3 is 14.6 Å². The molecule has 1 saturated carbocycles. The average Bonchev–Trinajstić information content (AvgIpc) is 3.41. The summed E-state index contributed by atoms with van der Waals surface area (Å²) in [7, 11) is 1.44. The summed E-state index contributed by atoms with van der Waals surface area (Å²) < 4.78 is 101. The lowest BCUT2D eigenvalue weighted by Crippen LogP contribution is -2.70. The maximum Gasteiger partial charge on any atom is 0.417 e. The van der Waals surface area contributed by atoms with E-state index in [1.54, 1.807) is 0 Å². The number of halogens is 7. The van der Waals surface area contributed by atoms with Crippen LogP contribution in [0.4, 0.5) is 41.2 Å². The summed E-state index contributed by atoms with van der Waals surface area (Å²) in [6.45, 7) is 1.89. The van der Waals surface area contributed by atoms with Gasteiger partial charge in [0.25, 0.3) is 0 Å². The van der Waals surface area contributed by atoms with Crippen molar-refractivity contribution in [2.75, 3.05) is 5.32 Å². The Kier molecular flexibility index (Phi) is 5.90. The first-order chi connectivity index (χ1) is 17.7. The molecule has 4 heterocycles. The lowest BCUT2D eigenvalue weighted by atomic mass is 9.64. The molecule has 1 N–H and O–H groups in total. The molecule has 1 aromatic carbocycles. The number of nitrogens with zero attached hydrogens (tertiary/aromatic N) is 6. The first-order valence-corrected chi connectivity index (χ1v) is 11.4. The Morgan fingerprint density at radius 2 is 1.92 bits per heavy atom. The number of fused-ring (bicyclic) bond motifs is 2. The van der Waals surface area contributed by atoms with Crippen LogP contribution in [0.1, 0.15) is 43.5 Å². The number of aromatic nitrogens is 5. The highest BCUT2D eigenvalue weighted by Gasteiger charge is 2.62. The Bertz CT molecular complexity index is 1380. The van der Waals surface area contributed by atoms with Gasteiger partial charge in [0.15, 0.2) is 5.82 Å². The number of carbonyl (C=O) groups is 1. The molecule has 38 heavy (non-hydrogen) atoms. The lowest BCUT2D eigenvalue weighted by molar-refractivity contribution is -0.137. The first kappa shape index (κ1) is 25.9. The number of aryl methyl sites for hydroxylation is 1. The molecule has 3 atom stereocenters. The third-order valence-electron chi connectivity index (χ3n) is 6.69. The average molecular weight is 547 g/mol. The molecule has 2 saturated heterocycles. The fourth-order valence-electron chi connectivity index (χ4n) is 5.36. The second kappa shape index (κ2) is 8.66. The maximum atomic E-state index is 14.8. The Morgan fingerprint density at radius 3 is 2.55 bits per heavy atom. The molecular weight excluding hydrogens is 527 g/mol. The van der Waals surface area contributed by atoms with E-state index in [2.05, 4.69) is 25.6 Å². The van der Waals surface area contributed by atoms with Crippen molar-refractivity contribution >= 4 is 11.7 Å². The van der Waals surface area contributed by atoms with E-state index in [-0.39, 0.29) is 29.7 Å². The summed E-state index contributed by atoms with van der Waals surface area (Å²) in [6, 6.07) is -0.199. The smallest absolute Gasteiger partial charge is 0.417 e. The Morgan fingerprint density at radius 1 is 1.18 bits per heavy atom. The number of hydrogen-bond donors (Lipinski definition) is 1. The van der Waals surface area contributed by atoms with Gasteiger partial charge in [0.05, 0.1) is 11.3 Å². The number of alkyl halides is 6. The molecule has 2 amide bonds. The van der Waals surface area contributed by atoms with Crippen molar-refractivity contribution in [3.05, 3.63) is 41.6 Å². The summed E-state index contributed by atoms with van der Waals surface area (Å²) in [5.41, 5.74) is -3.65. The first-order valence-electron chi connectivity index (χ1n) is 11.4. The van der Waals surface area contributed by atoms with Gasteiger partial charge in [-0.3, -0.25) is 4.68 Å². The molecule has 204 valence electrons. The SMILES string of the molecule is C[C@H]1C[C@@H]2C[C@](c3nnc(CC(F)(F)F)o3)(C1)N2C(=O)Nc1cc(-c2ncn(C)n2)c(C(F)(F)F)cc1F. The predicted octanol–water partition coefficient (Wildman–Crippen LogP) is 5.06. The summed E-state index contributed by atoms with van der Waals surface area (Å²) in [5, 5.41) is 13.4. The van der Waals surface area contributed by atoms with Crippen molar-refractivity contribution < 1.29 is 39.9 Å². The van der Waals surface area contributed by atoms with Crippen LogP contribution in [0.3, 0.4) is 0 Å². The largest absolute Gasteiger partial charge is 0.422 e. The normalized spacial score (nSPS) is 23.3. The van der Waals surface area contributed by atoms with Crippen LogP contribution in [0.15, 0.2) is 22.9 Å². The maximum absolute atomic E-state index is 14.8. The summed E-state index contributed by atoms with van der Waals surface area (Å²) in [4.78, 5) is 18.4. The molecule has 9 nitrogen and oxygen atoms in total. The quantitative estimate of drug-likeness (QED) is 0.459. The van der Waals surface area contributed by atoms with E-state index >= 15 is 0 Å². The zero-order valence-corrected chi connectivity index (χ0v) is 19.9. The number of carbonyl (C=O) groups excluding carboxylic acids is 1. The van der Waals surface area contributed by atoms with Crippen LogP contribution < -0.4 is 5.32 Å². The standard InChI is InChI=1S/C22H20F7N7O2/c1-10-3-11-7-20(6-10,18-33-32-16(38-18)8-21(24,25)26)36(11)19(37)31-15-4-12(17-30-9-35(2)34-17)13(5-14(15)23)22(27,28)29/h4-5,9-11H,3,6-8H2,1-2H3,(H,31,37)/t10-,11+,20-/m0/s1. The van der Waals surface area contributed by atoms with Crippen molar-refractivity contribution in [3.63, 3.8) is 0 Å². The number of piperidine rings is 1. The van der Waals surface area contributed by atoms with Crippen LogP contribution in [0, 0.1) is 11.7 Å². The topological polar surface area (TPSA) is 102 Å². The van der Waals surface area contributed by atoms with E-state index in [4.69, 9.17) is 4.42 Å². The molecule has 2 bridgehead atoms. The minimum Gasteiger partial charge on any atom is -0.422 e. The second-order valence-corrected chi connectivity index (χ2v) is 9.64. The molecule has 3 aliphatic rings. The van der Waals surface area contributed by atoms with Crippen LogP contribution in [0.5, 0.6) is 0 Å². The third kappa shape index (κ3) is 4.55. The van der Waals surface area contributed by atoms with E-state index in [0.29, 0.717) is 19.3 Å². The molecule has 1 aliphatic carbocycles. The Hall–Kier alpha value is -3.72. The number of amides is 2. The highest BCUT2D eigenvalue weighted by atomic mass is 19.4. The van der Waals surface area contributed by atoms with Gasteiger partial charge in [0.1, 0.15) is 24.1 Å². The highest BCUT2D eigenvalue weighted by Crippen LogP contribution is 2.55. The van der Waals surface area contributed by atoms with Crippen molar-refractivity contribution in [3.8, 4) is 11.4 Å². The molecule has 6 rings (SSSR count). The van der Waals surface area contributed by atoms with Gasteiger partial charge in [-0.15, -0.1) is 10.2 Å². The molecule has 0 unspecified atom stereocenters. The summed E-state index contributed by atoms with van der Waals surface area (Å²) in [6.07, 6.45) is -8.61. The van der Waals surface area contributed by atoms with Crippen LogP contribution in [-0.4, -0.2) is 48.1 Å². The number of urea groups is 1. The lowest BCUT2D eigenvalue weighted by Gasteiger charge is -2.61. The molecule has 3 fully saturated rings. The zero-order valence-electron chi connectivity index (χ0n) is 19.9. The summed E-state index contributed by atoms with van der Waals surface area (Å²) >= 11 is 0. The van der Waals surface area contributed by atoms with Crippen LogP contribution in [-0.2, 0) is 25.2 Å². The van der Waals surface area contributed by atoms with E-state index in [0.717, 1.165) is 6.07 Å². The van der Waals surface area contributed by atoms with E-state index in [1.807, 2.05) is 6.92 Å². The van der Waals surface area contributed by atoms with Crippen LogP contribution in [0.2, 0.25) is 0 Å². The predicted molar refractivity (Wildman–Crippen MR) is 115 cm³/mol. The van der Waals surface area contributed by atoms with E-state index in [1.165, 1.54) is 23.0 Å². The number of anilines is 1. The van der Waals surface area contributed by atoms with Gasteiger partial charge in [-0.25, -0.2) is 14.2 Å². The molecular formula is C22H20F7N7O2. The van der Waals surface area contributed by atoms with Crippen LogP contribution in [0.25, 0.3) is 11.4 Å². The molecule has 2 aliphatic heterocycles. The number of hydrogen-bond acceptors (Lipinski definition) is 6. The molecule has 16 heteroatoms. The third-order valence-corrected chi connectivity index (χ3v) is 6.69. The fourth-order valence-corrected chi connectivity index (χ4v) is 5.36. The van der Waals surface area contributed by atoms with Gasteiger partial charge in [0, 0.05) is 25.1 Å². The van der Waals surface area contributed by atoms with Gasteiger partial charge >= 0.3 is 18.4 Å². The van der Waals surface area contributed by atoms with Crippen molar-refractivity contribution in [1.29, 1.82) is 0 Å². The monoisotopic (exact) mass is 547 g/mol. The van der Waals surface area contributed by atoms with Gasteiger partial charge in [-0.2, -0.15) is 31.4 Å². The number of nitrogens with one attached hydrogen (secondary N) is 1. The van der Waals surface area contributed by atoms with E-state index in [9.17, 15) is 35.5 Å². The van der Waals surface area contributed by atoms with Gasteiger partial charge in [-0.05, 0) is 30.9 Å². The Balaban J connectivity index is 1.47. The molecule has 2 aromatic heterocycles. The van der Waals surface area contributed by atoms with Crippen molar-refractivity contribution in [2.24, 2.45) is 13.0 Å². The number of benzene rings is 1. The molecule has 3 aromatic rings. The second-order valence-electron chi connectivity index (χ2n) is 9.64. The zero-order chi connectivity index (χ0) is 27.6. The number of rotatable bonds is 4. The van der Waals surface area contributed by atoms with Crippen molar-refractivity contribution in [2.45, 2.75) is 56.5 Å². The summed E-state index contributed by atoms with van der Waals surface area (Å²) in [5.74, 6) is -2.46. The Labute approximate surface area is 210 Å². The minimum absolute atomic E-state index is 0.0559. The minimum atomic E-state index is -4.93. The van der Waals surface area contributed by atoms with Crippen LogP contribution >= 0.6 is 0 Å². The fraction of sp³-hybridized carbons (Fsp3) is 0.500. The van der Waals surface area contributed by atoms with Gasteiger partial charge in [0.2, 0.25) is 11.8 Å². The van der Waals surface area contributed by atoms with Gasteiger partial charge in [-0.1, -0.05) is 6.92 Å². The highest BCUT2D eigenvalue weighted by molar-refractivity contribution is 5.92. The molecule has 0 radical (unpaired) electrons. The van der Waals surface area contributed by atoms with Crippen molar-refractivity contribution in [1.82, 2.24) is 29.9 Å². The molecule has 0 spiro atoms. The van der Waals surface area contributed by atoms with E-state index < -0.39 is 58.9 Å².